The number of nitrogens with zero attached hydrogens (tertiary/aromatic N) is 2. The van der Waals surface area contributed by atoms with Gasteiger partial charge in [-0.1, -0.05) is 11.8 Å². The smallest absolute Gasteiger partial charge is 0.162 e. The lowest BCUT2D eigenvalue weighted by Gasteiger charge is -2.12. The van der Waals surface area contributed by atoms with Gasteiger partial charge in [0.2, 0.25) is 0 Å². The van der Waals surface area contributed by atoms with Crippen LogP contribution >= 0.6 is 23.1 Å². The highest BCUT2D eigenvalue weighted by Crippen LogP contribution is 2.42. The summed E-state index contributed by atoms with van der Waals surface area (Å²) in [7, 11) is 0. The van der Waals surface area contributed by atoms with Crippen molar-refractivity contribution < 1.29 is 9.47 Å². The van der Waals surface area contributed by atoms with Crippen LogP contribution in [-0.2, 0) is 12.8 Å². The van der Waals surface area contributed by atoms with Crippen LogP contribution in [-0.4, -0.2) is 23.2 Å². The van der Waals surface area contributed by atoms with Crippen LogP contribution in [0.5, 0.6) is 11.5 Å². The van der Waals surface area contributed by atoms with E-state index in [0.717, 1.165) is 39.1 Å². The van der Waals surface area contributed by atoms with Gasteiger partial charge in [0.25, 0.3) is 0 Å². The molecule has 4 nitrogen and oxygen atoms in total. The maximum Gasteiger partial charge on any atom is 0.162 e. The molecule has 0 saturated heterocycles. The van der Waals surface area contributed by atoms with Crippen LogP contribution in [0.15, 0.2) is 34.4 Å². The number of hydrogen-bond acceptors (Lipinski definition) is 6. The molecule has 0 fully saturated rings. The molecule has 1 aliphatic carbocycles. The molecule has 128 valence electrons. The lowest BCUT2D eigenvalue weighted by molar-refractivity contribution is 0.297. The molecule has 2 aromatic heterocycles. The minimum absolute atomic E-state index is 0.705. The number of aryl methyl sites for hydroxylation is 2. The molecule has 0 radical (unpaired) electrons. The van der Waals surface area contributed by atoms with E-state index >= 15 is 0 Å². The summed E-state index contributed by atoms with van der Waals surface area (Å²) in [4.78, 5) is 12.9. The summed E-state index contributed by atoms with van der Waals surface area (Å²) in [6.07, 6.45) is 7.50. The molecule has 5 rings (SSSR count). The van der Waals surface area contributed by atoms with Crippen molar-refractivity contribution >= 4 is 33.3 Å². The van der Waals surface area contributed by atoms with Gasteiger partial charge < -0.3 is 9.47 Å². The molecule has 1 aliphatic heterocycles. The first-order valence-corrected chi connectivity index (χ1v) is 10.3. The van der Waals surface area contributed by atoms with E-state index < -0.39 is 0 Å². The van der Waals surface area contributed by atoms with Gasteiger partial charge >= 0.3 is 0 Å². The summed E-state index contributed by atoms with van der Waals surface area (Å²) < 4.78 is 11.5. The Morgan fingerprint density at radius 3 is 2.80 bits per heavy atom. The van der Waals surface area contributed by atoms with Crippen LogP contribution in [0.25, 0.3) is 10.2 Å². The average molecular weight is 370 g/mol. The van der Waals surface area contributed by atoms with Crippen molar-refractivity contribution in [3.63, 3.8) is 0 Å². The van der Waals surface area contributed by atoms with Crippen molar-refractivity contribution in [3.8, 4) is 11.5 Å². The standard InChI is InChI=1S/C19H18N2O2S2/c1-2-5-16-13(4-1)17-18(20-11-21-19(17)25-16)24-12-6-7-14-15(10-12)23-9-3-8-22-14/h6-7,10-11H,1-5,8-9H2. The first-order valence-electron chi connectivity index (χ1n) is 8.71. The molecule has 2 aliphatic rings. The third-order valence-corrected chi connectivity index (χ3v) is 6.84. The summed E-state index contributed by atoms with van der Waals surface area (Å²) in [6.45, 7) is 1.42. The van der Waals surface area contributed by atoms with Gasteiger partial charge in [0.15, 0.2) is 11.5 Å². The van der Waals surface area contributed by atoms with Gasteiger partial charge in [0.05, 0.1) is 13.2 Å². The van der Waals surface area contributed by atoms with Gasteiger partial charge in [-0.3, -0.25) is 0 Å². The van der Waals surface area contributed by atoms with E-state index in [0.29, 0.717) is 13.2 Å². The van der Waals surface area contributed by atoms with Crippen LogP contribution in [0.4, 0.5) is 0 Å². The third-order valence-electron chi connectivity index (χ3n) is 4.65. The summed E-state index contributed by atoms with van der Waals surface area (Å²) in [5.74, 6) is 1.67. The normalized spacial score (nSPS) is 16.5. The fourth-order valence-corrected chi connectivity index (χ4v) is 5.70. The Labute approximate surface area is 154 Å². The lowest BCUT2D eigenvalue weighted by atomic mass is 9.97. The zero-order valence-electron chi connectivity index (χ0n) is 13.8. The Balaban J connectivity index is 1.54. The predicted molar refractivity (Wildman–Crippen MR) is 100 cm³/mol. The number of thiophene rings is 1. The molecule has 0 atom stereocenters. The minimum Gasteiger partial charge on any atom is -0.490 e. The van der Waals surface area contributed by atoms with E-state index in [1.54, 1.807) is 18.1 Å². The SMILES string of the molecule is c1nc(Sc2ccc3c(c2)OCCCO3)c2c3c(sc2n1)CCCC3. The van der Waals surface area contributed by atoms with Crippen molar-refractivity contribution in [2.75, 3.05) is 13.2 Å². The first kappa shape index (κ1) is 15.5. The molecule has 0 amide bonds. The highest BCUT2D eigenvalue weighted by Gasteiger charge is 2.20. The Morgan fingerprint density at radius 1 is 0.960 bits per heavy atom. The number of rotatable bonds is 2. The molecule has 1 aromatic carbocycles. The van der Waals surface area contributed by atoms with Gasteiger partial charge in [0.1, 0.15) is 16.2 Å². The van der Waals surface area contributed by atoms with Crippen LogP contribution in [0.1, 0.15) is 29.7 Å². The van der Waals surface area contributed by atoms with E-state index in [2.05, 4.69) is 22.1 Å². The van der Waals surface area contributed by atoms with E-state index in [-0.39, 0.29) is 0 Å². The lowest BCUT2D eigenvalue weighted by Crippen LogP contribution is -1.99. The van der Waals surface area contributed by atoms with Crippen LogP contribution in [0, 0.1) is 0 Å². The van der Waals surface area contributed by atoms with Crippen molar-refractivity contribution in [3.05, 3.63) is 35.0 Å². The third kappa shape index (κ3) is 2.87. The van der Waals surface area contributed by atoms with E-state index in [1.165, 1.54) is 35.1 Å². The molecule has 0 spiro atoms. The zero-order valence-corrected chi connectivity index (χ0v) is 15.4. The summed E-state index contributed by atoms with van der Waals surface area (Å²) in [5, 5.41) is 2.32. The highest BCUT2D eigenvalue weighted by atomic mass is 32.2. The fraction of sp³-hybridized carbons (Fsp3) is 0.368. The molecule has 0 saturated carbocycles. The van der Waals surface area contributed by atoms with E-state index in [1.807, 2.05) is 17.4 Å². The van der Waals surface area contributed by atoms with Crippen molar-refractivity contribution in [1.82, 2.24) is 9.97 Å². The van der Waals surface area contributed by atoms with Crippen molar-refractivity contribution in [1.29, 1.82) is 0 Å². The molecule has 6 heteroatoms. The Morgan fingerprint density at radius 2 is 1.84 bits per heavy atom. The number of aromatic nitrogens is 2. The van der Waals surface area contributed by atoms with Gasteiger partial charge in [-0.2, -0.15) is 0 Å². The Kier molecular flexibility index (Phi) is 4.02. The Bertz CT molecular complexity index is 939. The number of benzene rings is 1. The van der Waals surface area contributed by atoms with E-state index in [9.17, 15) is 0 Å². The summed E-state index contributed by atoms with van der Waals surface area (Å²) in [6, 6.07) is 6.16. The molecule has 0 N–H and O–H groups in total. The maximum atomic E-state index is 5.82. The zero-order chi connectivity index (χ0) is 16.6. The molecule has 3 heterocycles. The molecule has 25 heavy (non-hydrogen) atoms. The first-order chi connectivity index (χ1) is 12.4. The quantitative estimate of drug-likeness (QED) is 0.601. The minimum atomic E-state index is 0.705. The second-order valence-electron chi connectivity index (χ2n) is 6.33. The topological polar surface area (TPSA) is 44.2 Å². The molecular formula is C19H18N2O2S2. The molecule has 3 aromatic rings. The van der Waals surface area contributed by atoms with Crippen LogP contribution in [0.2, 0.25) is 0 Å². The predicted octanol–water partition coefficient (Wildman–Crippen LogP) is 4.88. The number of ether oxygens (including phenoxy) is 2. The van der Waals surface area contributed by atoms with Gasteiger partial charge in [0, 0.05) is 21.6 Å². The molecular weight excluding hydrogens is 352 g/mol. The fourth-order valence-electron chi connectivity index (χ4n) is 3.46. The number of hydrogen-bond donors (Lipinski definition) is 0. The largest absolute Gasteiger partial charge is 0.490 e. The second-order valence-corrected chi connectivity index (χ2v) is 8.48. The van der Waals surface area contributed by atoms with Crippen LogP contribution in [0.3, 0.4) is 0 Å². The highest BCUT2D eigenvalue weighted by molar-refractivity contribution is 7.99. The van der Waals surface area contributed by atoms with Crippen LogP contribution < -0.4 is 9.47 Å². The second kappa shape index (κ2) is 6.50. The van der Waals surface area contributed by atoms with Crippen molar-refractivity contribution in [2.24, 2.45) is 0 Å². The van der Waals surface area contributed by atoms with E-state index in [4.69, 9.17) is 9.47 Å². The molecule has 0 unspecified atom stereocenters. The van der Waals surface area contributed by atoms with Crippen molar-refractivity contribution in [2.45, 2.75) is 42.0 Å². The summed E-state index contributed by atoms with van der Waals surface area (Å²) in [5.41, 5.74) is 1.48. The summed E-state index contributed by atoms with van der Waals surface area (Å²) >= 11 is 3.54. The van der Waals surface area contributed by atoms with Gasteiger partial charge in [-0.25, -0.2) is 9.97 Å². The number of fused-ring (bicyclic) bond motifs is 4. The van der Waals surface area contributed by atoms with Gasteiger partial charge in [-0.15, -0.1) is 11.3 Å². The monoisotopic (exact) mass is 370 g/mol. The van der Waals surface area contributed by atoms with Gasteiger partial charge in [-0.05, 0) is 49.4 Å². The Hall–Kier alpha value is -1.79. The molecule has 0 bridgehead atoms. The maximum absolute atomic E-state index is 5.82. The average Bonchev–Trinajstić information content (AvgIpc) is 2.86.